The molecular weight excluding hydrogens is 308 g/mol. The lowest BCUT2D eigenvalue weighted by molar-refractivity contribution is 0.595. The summed E-state index contributed by atoms with van der Waals surface area (Å²) in [4.78, 5) is 0.0496. The molecule has 2 aromatic carbocycles. The van der Waals surface area contributed by atoms with Gasteiger partial charge in [0.1, 0.15) is 4.90 Å². The second-order valence-corrected chi connectivity index (χ2v) is 7.37. The molecule has 0 aliphatic heterocycles. The Bertz CT molecular complexity index is 768. The van der Waals surface area contributed by atoms with Gasteiger partial charge in [0, 0.05) is 12.1 Å². The van der Waals surface area contributed by atoms with Crippen molar-refractivity contribution in [2.45, 2.75) is 18.7 Å². The lowest BCUT2D eigenvalue weighted by Crippen LogP contribution is -2.27. The van der Waals surface area contributed by atoms with Crippen LogP contribution in [0.15, 0.2) is 41.3 Å². The normalized spacial score (nSPS) is 11.4. The molecule has 0 aromatic heterocycles. The van der Waals surface area contributed by atoms with Crippen LogP contribution in [0.25, 0.3) is 0 Å². The molecule has 6 heteroatoms. The monoisotopic (exact) mass is 324 g/mol. The number of sulfonamides is 1. The van der Waals surface area contributed by atoms with Crippen molar-refractivity contribution in [3.63, 3.8) is 0 Å². The Labute approximate surface area is 130 Å². The minimum atomic E-state index is -3.72. The van der Waals surface area contributed by atoms with E-state index < -0.39 is 10.0 Å². The Morgan fingerprint density at radius 3 is 2.14 bits per heavy atom. The molecule has 0 unspecified atom stereocenters. The fourth-order valence-corrected chi connectivity index (χ4v) is 3.63. The van der Waals surface area contributed by atoms with Crippen LogP contribution in [0, 0.1) is 13.8 Å². The van der Waals surface area contributed by atoms with Crippen molar-refractivity contribution in [3.05, 3.63) is 52.5 Å². The van der Waals surface area contributed by atoms with Crippen LogP contribution in [0.2, 0.25) is 5.02 Å². The number of anilines is 2. The van der Waals surface area contributed by atoms with E-state index >= 15 is 0 Å². The summed E-state index contributed by atoms with van der Waals surface area (Å²) in [6, 6.07) is 9.99. The highest BCUT2D eigenvalue weighted by molar-refractivity contribution is 7.93. The number of rotatable bonds is 3. The Morgan fingerprint density at radius 1 is 1.05 bits per heavy atom. The average molecular weight is 325 g/mol. The summed E-state index contributed by atoms with van der Waals surface area (Å²) in [5.74, 6) is 0. The molecule has 0 radical (unpaired) electrons. The van der Waals surface area contributed by atoms with Crippen LogP contribution in [0.5, 0.6) is 0 Å². The van der Waals surface area contributed by atoms with Crippen molar-refractivity contribution in [3.8, 4) is 0 Å². The van der Waals surface area contributed by atoms with E-state index in [1.165, 1.54) is 29.6 Å². The van der Waals surface area contributed by atoms with Gasteiger partial charge in [-0.1, -0.05) is 17.7 Å². The first kappa shape index (κ1) is 15.7. The maximum Gasteiger partial charge on any atom is 0.266 e. The molecule has 2 rings (SSSR count). The van der Waals surface area contributed by atoms with Gasteiger partial charge in [0.25, 0.3) is 10.0 Å². The van der Waals surface area contributed by atoms with Crippen LogP contribution < -0.4 is 10.0 Å². The van der Waals surface area contributed by atoms with Gasteiger partial charge in [-0.3, -0.25) is 4.31 Å². The predicted octanol–water partition coefficient (Wildman–Crippen LogP) is 3.36. The van der Waals surface area contributed by atoms with Crippen LogP contribution in [-0.4, -0.2) is 15.5 Å². The first-order valence-electron chi connectivity index (χ1n) is 6.34. The molecule has 0 atom stereocenters. The lowest BCUT2D eigenvalue weighted by Gasteiger charge is -2.21. The van der Waals surface area contributed by atoms with Gasteiger partial charge in [-0.2, -0.15) is 0 Å². The zero-order valence-corrected chi connectivity index (χ0v) is 13.7. The molecule has 0 saturated carbocycles. The molecule has 0 aliphatic carbocycles. The minimum Gasteiger partial charge on any atom is -0.398 e. The second-order valence-electron chi connectivity index (χ2n) is 5.00. The van der Waals surface area contributed by atoms with E-state index in [0.717, 1.165) is 11.1 Å². The fourth-order valence-electron chi connectivity index (χ4n) is 2.17. The van der Waals surface area contributed by atoms with Crippen LogP contribution in [-0.2, 0) is 10.0 Å². The summed E-state index contributed by atoms with van der Waals surface area (Å²) in [6.07, 6.45) is 0. The summed E-state index contributed by atoms with van der Waals surface area (Å²) in [7, 11) is -2.21. The lowest BCUT2D eigenvalue weighted by atomic mass is 10.1. The van der Waals surface area contributed by atoms with E-state index in [-0.39, 0.29) is 10.6 Å². The molecule has 21 heavy (non-hydrogen) atoms. The summed E-state index contributed by atoms with van der Waals surface area (Å²) in [5, 5.41) is 0.403. The maximum absolute atomic E-state index is 12.7. The number of nitrogens with zero attached hydrogens (tertiary/aromatic N) is 1. The quantitative estimate of drug-likeness (QED) is 0.880. The van der Waals surface area contributed by atoms with Crippen molar-refractivity contribution in [1.29, 1.82) is 0 Å². The zero-order chi connectivity index (χ0) is 15.8. The predicted molar refractivity (Wildman–Crippen MR) is 87.4 cm³/mol. The Kier molecular flexibility index (Phi) is 4.16. The van der Waals surface area contributed by atoms with Gasteiger partial charge in [-0.15, -0.1) is 0 Å². The van der Waals surface area contributed by atoms with Crippen LogP contribution in [0.4, 0.5) is 11.4 Å². The Balaban J connectivity index is 2.52. The third-order valence-corrected chi connectivity index (χ3v) is 5.27. The van der Waals surface area contributed by atoms with Crippen molar-refractivity contribution < 1.29 is 8.42 Å². The number of nitrogens with two attached hydrogens (primary N) is 1. The number of nitrogen functional groups attached to an aromatic ring is 1. The molecule has 2 aromatic rings. The van der Waals surface area contributed by atoms with Gasteiger partial charge in [0.05, 0.1) is 11.4 Å². The Morgan fingerprint density at radius 2 is 1.62 bits per heavy atom. The second kappa shape index (κ2) is 5.58. The number of benzene rings is 2. The molecule has 4 nitrogen and oxygen atoms in total. The summed E-state index contributed by atoms with van der Waals surface area (Å²) in [6.45, 7) is 3.85. The summed E-state index contributed by atoms with van der Waals surface area (Å²) >= 11 is 5.82. The molecule has 0 saturated heterocycles. The van der Waals surface area contributed by atoms with Crippen LogP contribution >= 0.6 is 11.6 Å². The molecule has 112 valence electrons. The van der Waals surface area contributed by atoms with Crippen molar-refractivity contribution >= 4 is 33.0 Å². The topological polar surface area (TPSA) is 63.4 Å². The molecule has 0 aliphatic rings. The van der Waals surface area contributed by atoms with E-state index in [1.807, 2.05) is 32.0 Å². The van der Waals surface area contributed by atoms with E-state index in [2.05, 4.69) is 0 Å². The fraction of sp³-hybridized carbons (Fsp3) is 0.200. The standard InChI is InChI=1S/C15H17ClN2O2S/c1-10-6-11(2)8-13(7-10)18(3)21(19,20)15-5-4-12(16)9-14(15)17/h4-9H,17H2,1-3H3. The first-order valence-corrected chi connectivity index (χ1v) is 8.16. The highest BCUT2D eigenvalue weighted by Gasteiger charge is 2.24. The number of halogens is 1. The zero-order valence-electron chi connectivity index (χ0n) is 12.1. The van der Waals surface area contributed by atoms with E-state index in [4.69, 9.17) is 17.3 Å². The average Bonchev–Trinajstić information content (AvgIpc) is 2.36. The molecule has 0 spiro atoms. The molecule has 0 heterocycles. The van der Waals surface area contributed by atoms with Gasteiger partial charge >= 0.3 is 0 Å². The van der Waals surface area contributed by atoms with Crippen molar-refractivity contribution in [2.75, 3.05) is 17.1 Å². The van der Waals surface area contributed by atoms with Gasteiger partial charge in [-0.05, 0) is 55.3 Å². The summed E-state index contributed by atoms with van der Waals surface area (Å²) < 4.78 is 26.6. The third-order valence-electron chi connectivity index (χ3n) is 3.18. The molecule has 2 N–H and O–H groups in total. The minimum absolute atomic E-state index is 0.0496. The number of hydrogen-bond acceptors (Lipinski definition) is 3. The highest BCUT2D eigenvalue weighted by Crippen LogP contribution is 2.28. The largest absolute Gasteiger partial charge is 0.398 e. The molecular formula is C15H17ClN2O2S. The smallest absolute Gasteiger partial charge is 0.266 e. The van der Waals surface area contributed by atoms with Gasteiger partial charge < -0.3 is 5.73 Å². The van der Waals surface area contributed by atoms with Crippen molar-refractivity contribution in [2.24, 2.45) is 0 Å². The molecule has 0 bridgehead atoms. The van der Waals surface area contributed by atoms with Crippen molar-refractivity contribution in [1.82, 2.24) is 0 Å². The SMILES string of the molecule is Cc1cc(C)cc(N(C)S(=O)(=O)c2ccc(Cl)cc2N)c1. The van der Waals surface area contributed by atoms with E-state index in [1.54, 1.807) is 0 Å². The van der Waals surface area contributed by atoms with Crippen LogP contribution in [0.3, 0.4) is 0 Å². The van der Waals surface area contributed by atoms with Gasteiger partial charge in [-0.25, -0.2) is 8.42 Å². The maximum atomic E-state index is 12.7. The number of aryl methyl sites for hydroxylation is 2. The highest BCUT2D eigenvalue weighted by atomic mass is 35.5. The van der Waals surface area contributed by atoms with E-state index in [0.29, 0.717) is 10.7 Å². The van der Waals surface area contributed by atoms with Crippen LogP contribution in [0.1, 0.15) is 11.1 Å². The van der Waals surface area contributed by atoms with E-state index in [9.17, 15) is 8.42 Å². The van der Waals surface area contributed by atoms with Gasteiger partial charge in [0.2, 0.25) is 0 Å². The summed E-state index contributed by atoms with van der Waals surface area (Å²) in [5.41, 5.74) is 8.52. The molecule has 0 fully saturated rings. The molecule has 0 amide bonds. The first-order chi connectivity index (χ1) is 9.71. The third kappa shape index (κ3) is 3.14. The number of hydrogen-bond donors (Lipinski definition) is 1. The van der Waals surface area contributed by atoms with Gasteiger partial charge in [0.15, 0.2) is 0 Å². The Hall–Kier alpha value is -1.72.